The van der Waals surface area contributed by atoms with Gasteiger partial charge < -0.3 is 9.73 Å². The Kier molecular flexibility index (Phi) is 6.16. The second kappa shape index (κ2) is 9.36. The Balaban J connectivity index is 1.61. The smallest absolute Gasteiger partial charge is 0.295 e. The van der Waals surface area contributed by atoms with E-state index < -0.39 is 16.4 Å². The van der Waals surface area contributed by atoms with E-state index in [0.717, 1.165) is 0 Å². The number of anilines is 1. The number of non-ortho nitro benzene ring substituents is 1. The molecule has 10 nitrogen and oxygen atoms in total. The second-order valence-electron chi connectivity index (χ2n) is 7.57. The number of carbonyl (C=O) groups excluding carboxylic acids is 1. The van der Waals surface area contributed by atoms with E-state index in [2.05, 4.69) is 5.32 Å². The van der Waals surface area contributed by atoms with Crippen LogP contribution in [0.4, 0.5) is 11.4 Å². The summed E-state index contributed by atoms with van der Waals surface area (Å²) in [6, 6.07) is 19.8. The summed E-state index contributed by atoms with van der Waals surface area (Å²) in [5.41, 5.74) is 0.862. The van der Waals surface area contributed by atoms with Crippen LogP contribution in [0.1, 0.15) is 11.5 Å². The van der Waals surface area contributed by atoms with Crippen molar-refractivity contribution in [2.45, 2.75) is 6.92 Å². The first-order valence-electron chi connectivity index (χ1n) is 10.4. The lowest BCUT2D eigenvalue weighted by atomic mass is 10.1. The Morgan fingerprint density at radius 1 is 1.14 bits per heavy atom. The van der Waals surface area contributed by atoms with Crippen molar-refractivity contribution in [1.29, 1.82) is 5.26 Å². The topological polar surface area (TPSA) is 136 Å². The van der Waals surface area contributed by atoms with E-state index in [0.29, 0.717) is 22.7 Å². The predicted molar refractivity (Wildman–Crippen MR) is 129 cm³/mol. The molecule has 4 rings (SSSR count). The largest absolute Gasteiger partial charge is 0.457 e. The fourth-order valence-electron chi connectivity index (χ4n) is 3.54. The van der Waals surface area contributed by atoms with E-state index in [1.807, 2.05) is 12.1 Å². The maximum atomic E-state index is 13.0. The molecule has 2 heterocycles. The summed E-state index contributed by atoms with van der Waals surface area (Å²) in [5.74, 6) is -0.237. The highest BCUT2D eigenvalue weighted by molar-refractivity contribution is 6.09. The molecule has 0 fully saturated rings. The molecular weight excluding hydrogens is 450 g/mol. The zero-order valence-corrected chi connectivity index (χ0v) is 18.8. The third kappa shape index (κ3) is 4.51. The van der Waals surface area contributed by atoms with Crippen LogP contribution >= 0.6 is 0 Å². The van der Waals surface area contributed by atoms with Gasteiger partial charge in [0.15, 0.2) is 0 Å². The molecule has 0 saturated heterocycles. The number of rotatable bonds is 6. The fraction of sp³-hybridized carbons (Fsp3) is 0.0800. The number of benzene rings is 2. The number of nitriles is 1. The highest BCUT2D eigenvalue weighted by atomic mass is 16.6. The number of nitro groups is 1. The molecule has 2 aromatic heterocycles. The first kappa shape index (κ1) is 23.0. The van der Waals surface area contributed by atoms with Gasteiger partial charge in [0, 0.05) is 30.8 Å². The number of nitro benzene ring substituents is 1. The van der Waals surface area contributed by atoms with Gasteiger partial charge in [-0.1, -0.05) is 30.3 Å². The lowest BCUT2D eigenvalue weighted by molar-refractivity contribution is -0.384. The Morgan fingerprint density at radius 2 is 1.89 bits per heavy atom. The van der Waals surface area contributed by atoms with Gasteiger partial charge in [-0.15, -0.1) is 0 Å². The van der Waals surface area contributed by atoms with E-state index in [1.165, 1.54) is 35.0 Å². The molecule has 1 amide bonds. The third-order valence-corrected chi connectivity index (χ3v) is 5.41. The molecular formula is C25H19N5O5. The maximum Gasteiger partial charge on any atom is 0.295 e. The molecule has 0 aliphatic carbocycles. The summed E-state index contributed by atoms with van der Waals surface area (Å²) in [4.78, 5) is 36.3. The van der Waals surface area contributed by atoms with Crippen molar-refractivity contribution < 1.29 is 14.1 Å². The number of nitrogens with one attached hydrogen (secondary N) is 1. The van der Waals surface area contributed by atoms with Gasteiger partial charge in [-0.05, 0) is 31.2 Å². The highest BCUT2D eigenvalue weighted by Crippen LogP contribution is 2.26. The highest BCUT2D eigenvalue weighted by Gasteiger charge is 2.20. The fourth-order valence-corrected chi connectivity index (χ4v) is 3.54. The summed E-state index contributed by atoms with van der Waals surface area (Å²) in [5, 5.41) is 23.1. The van der Waals surface area contributed by atoms with Crippen LogP contribution in [0.15, 0.2) is 81.5 Å². The quantitative estimate of drug-likeness (QED) is 0.195. The summed E-state index contributed by atoms with van der Waals surface area (Å²) in [7, 11) is 1.69. The summed E-state index contributed by atoms with van der Waals surface area (Å²) >= 11 is 0. The molecule has 0 atom stereocenters. The minimum atomic E-state index is -0.771. The summed E-state index contributed by atoms with van der Waals surface area (Å²) in [6.45, 7) is 1.68. The number of carbonyl (C=O) groups is 1. The summed E-state index contributed by atoms with van der Waals surface area (Å²) in [6.07, 6.45) is 1.24. The van der Waals surface area contributed by atoms with Crippen molar-refractivity contribution >= 4 is 23.4 Å². The van der Waals surface area contributed by atoms with Gasteiger partial charge in [-0.3, -0.25) is 24.4 Å². The van der Waals surface area contributed by atoms with Gasteiger partial charge >= 0.3 is 0 Å². The van der Waals surface area contributed by atoms with Crippen molar-refractivity contribution in [3.8, 4) is 23.1 Å². The van der Waals surface area contributed by atoms with Gasteiger partial charge in [0.25, 0.3) is 17.2 Å². The molecule has 4 aromatic rings. The van der Waals surface area contributed by atoms with Crippen LogP contribution in [0.5, 0.6) is 0 Å². The molecule has 0 unspecified atom stereocenters. The normalized spacial score (nSPS) is 11.2. The zero-order chi connectivity index (χ0) is 25.1. The first-order chi connectivity index (χ1) is 16.8. The van der Waals surface area contributed by atoms with Crippen LogP contribution in [0.2, 0.25) is 0 Å². The van der Waals surface area contributed by atoms with Gasteiger partial charge in [0.2, 0.25) is 0 Å². The maximum absolute atomic E-state index is 13.0. The van der Waals surface area contributed by atoms with Crippen LogP contribution in [0.3, 0.4) is 0 Å². The van der Waals surface area contributed by atoms with Crippen LogP contribution in [-0.4, -0.2) is 20.2 Å². The Hall–Kier alpha value is -5.17. The molecule has 10 heteroatoms. The van der Waals surface area contributed by atoms with Gasteiger partial charge in [-0.2, -0.15) is 5.26 Å². The molecule has 174 valence electrons. The van der Waals surface area contributed by atoms with Gasteiger partial charge in [0.1, 0.15) is 28.9 Å². The molecule has 0 aliphatic rings. The van der Waals surface area contributed by atoms with Crippen LogP contribution < -0.4 is 10.9 Å². The van der Waals surface area contributed by atoms with Crippen LogP contribution in [-0.2, 0) is 11.8 Å². The molecule has 35 heavy (non-hydrogen) atoms. The van der Waals surface area contributed by atoms with Crippen molar-refractivity contribution in [2.24, 2.45) is 7.05 Å². The van der Waals surface area contributed by atoms with Gasteiger partial charge in [0.05, 0.1) is 16.3 Å². The van der Waals surface area contributed by atoms with Gasteiger partial charge in [-0.25, -0.2) is 4.68 Å². The van der Waals surface area contributed by atoms with E-state index in [4.69, 9.17) is 4.42 Å². The molecule has 0 aliphatic heterocycles. The molecule has 0 saturated carbocycles. The molecule has 0 radical (unpaired) electrons. The predicted octanol–water partition coefficient (Wildman–Crippen LogP) is 4.20. The average molecular weight is 469 g/mol. The Morgan fingerprint density at radius 3 is 2.57 bits per heavy atom. The minimum Gasteiger partial charge on any atom is -0.457 e. The number of aromatic nitrogens is 2. The van der Waals surface area contributed by atoms with Crippen molar-refractivity contribution in [2.75, 3.05) is 5.32 Å². The van der Waals surface area contributed by atoms with Crippen molar-refractivity contribution in [3.05, 3.63) is 104 Å². The molecule has 1 N–H and O–H groups in total. The monoisotopic (exact) mass is 469 g/mol. The number of hydrogen-bond acceptors (Lipinski definition) is 6. The Bertz CT molecular complexity index is 1570. The first-order valence-corrected chi connectivity index (χ1v) is 10.4. The molecule has 0 spiro atoms. The average Bonchev–Trinajstić information content (AvgIpc) is 3.41. The molecule has 2 aromatic carbocycles. The lowest BCUT2D eigenvalue weighted by Gasteiger charge is -2.07. The SMILES string of the molecule is Cc1c(NC(=O)/C(C#N)=C\c2ccc(-c3cccc([N+](=O)[O-])c3)o2)c(=O)n(-c2ccccc2)n1C. The number of furan rings is 1. The summed E-state index contributed by atoms with van der Waals surface area (Å²) < 4.78 is 8.69. The van der Waals surface area contributed by atoms with Crippen molar-refractivity contribution in [3.63, 3.8) is 0 Å². The number of nitrogens with zero attached hydrogens (tertiary/aromatic N) is 4. The zero-order valence-electron chi connectivity index (χ0n) is 18.8. The van der Waals surface area contributed by atoms with Crippen LogP contribution in [0, 0.1) is 28.4 Å². The number of amides is 1. The number of hydrogen-bond donors (Lipinski definition) is 1. The van der Waals surface area contributed by atoms with E-state index in [-0.39, 0.29) is 22.7 Å². The van der Waals surface area contributed by atoms with E-state index in [9.17, 15) is 25.0 Å². The molecule has 0 bridgehead atoms. The van der Waals surface area contributed by atoms with E-state index in [1.54, 1.807) is 55.1 Å². The minimum absolute atomic E-state index is 0.0548. The standard InChI is InChI=1S/C25H19N5O5/c1-16-23(25(32)29(28(16)2)19-8-4-3-5-9-19)27-24(31)18(15-26)14-21-11-12-22(35-21)17-7-6-10-20(13-17)30(33)34/h3-14H,1-2H3,(H,27,31)/b18-14-. The van der Waals surface area contributed by atoms with Crippen molar-refractivity contribution in [1.82, 2.24) is 9.36 Å². The Labute approximate surface area is 199 Å². The van der Waals surface area contributed by atoms with Crippen LogP contribution in [0.25, 0.3) is 23.1 Å². The number of para-hydroxylation sites is 1. The van der Waals surface area contributed by atoms with E-state index >= 15 is 0 Å². The lowest BCUT2D eigenvalue weighted by Crippen LogP contribution is -2.23. The second-order valence-corrected chi connectivity index (χ2v) is 7.57. The third-order valence-electron chi connectivity index (χ3n) is 5.41.